The SMILES string of the molecule is O=C1CCC(N2C(=O)c3ccc(CNCc4cc5ccccc5o4)cc3C2=O)C(=O)N1. The third kappa shape index (κ3) is 3.40. The average Bonchev–Trinajstić information content (AvgIpc) is 3.27. The molecule has 0 aliphatic carbocycles. The van der Waals surface area contributed by atoms with Crippen LogP contribution in [0, 0.1) is 0 Å². The summed E-state index contributed by atoms with van der Waals surface area (Å²) in [6, 6.07) is 13.9. The summed E-state index contributed by atoms with van der Waals surface area (Å²) in [5.41, 5.74) is 2.21. The van der Waals surface area contributed by atoms with E-state index in [4.69, 9.17) is 4.42 Å². The van der Waals surface area contributed by atoms with Crippen LogP contribution in [0.3, 0.4) is 0 Å². The number of furan rings is 1. The third-order valence-corrected chi connectivity index (χ3v) is 5.61. The number of carbonyl (C=O) groups is 4. The number of fused-ring (bicyclic) bond motifs is 2. The molecule has 2 aliphatic heterocycles. The molecule has 3 aromatic rings. The maximum absolute atomic E-state index is 12.9. The van der Waals surface area contributed by atoms with E-state index in [2.05, 4.69) is 10.6 Å². The fraction of sp³-hybridized carbons (Fsp3) is 0.217. The molecule has 156 valence electrons. The van der Waals surface area contributed by atoms with Crippen LogP contribution in [-0.2, 0) is 22.7 Å². The summed E-state index contributed by atoms with van der Waals surface area (Å²) in [5.74, 6) is -1.21. The molecular formula is C23H19N3O5. The lowest BCUT2D eigenvalue weighted by atomic mass is 10.0. The van der Waals surface area contributed by atoms with E-state index in [0.717, 1.165) is 27.2 Å². The molecule has 1 saturated heterocycles. The Kier molecular flexibility index (Phi) is 4.63. The van der Waals surface area contributed by atoms with Crippen LogP contribution in [0.15, 0.2) is 52.9 Å². The zero-order valence-electron chi connectivity index (χ0n) is 16.5. The van der Waals surface area contributed by atoms with Gasteiger partial charge in [0.05, 0.1) is 17.7 Å². The van der Waals surface area contributed by atoms with Crippen molar-refractivity contribution in [3.05, 3.63) is 71.0 Å². The summed E-state index contributed by atoms with van der Waals surface area (Å²) >= 11 is 0. The first kappa shape index (κ1) is 19.2. The van der Waals surface area contributed by atoms with Gasteiger partial charge in [-0.1, -0.05) is 24.3 Å². The minimum absolute atomic E-state index is 0.0980. The fourth-order valence-electron chi connectivity index (χ4n) is 4.08. The second-order valence-electron chi connectivity index (χ2n) is 7.68. The molecule has 1 atom stereocenters. The zero-order chi connectivity index (χ0) is 21.5. The molecule has 8 nitrogen and oxygen atoms in total. The summed E-state index contributed by atoms with van der Waals surface area (Å²) < 4.78 is 5.78. The number of carbonyl (C=O) groups excluding carboxylic acids is 4. The summed E-state index contributed by atoms with van der Waals surface area (Å²) in [6.07, 6.45) is 0.239. The van der Waals surface area contributed by atoms with Gasteiger partial charge < -0.3 is 9.73 Å². The maximum atomic E-state index is 12.9. The van der Waals surface area contributed by atoms with E-state index in [-0.39, 0.29) is 24.0 Å². The Balaban J connectivity index is 1.28. The number of nitrogens with zero attached hydrogens (tertiary/aromatic N) is 1. The van der Waals surface area contributed by atoms with Crippen molar-refractivity contribution in [1.29, 1.82) is 0 Å². The summed E-state index contributed by atoms with van der Waals surface area (Å²) in [7, 11) is 0. The molecule has 1 fully saturated rings. The summed E-state index contributed by atoms with van der Waals surface area (Å²) in [4.78, 5) is 50.1. The van der Waals surface area contributed by atoms with E-state index in [1.807, 2.05) is 30.3 Å². The Bertz CT molecular complexity index is 1210. The first-order chi connectivity index (χ1) is 15.0. The molecule has 0 spiro atoms. The smallest absolute Gasteiger partial charge is 0.262 e. The number of nitrogens with one attached hydrogen (secondary N) is 2. The van der Waals surface area contributed by atoms with E-state index in [9.17, 15) is 19.2 Å². The van der Waals surface area contributed by atoms with E-state index in [0.29, 0.717) is 13.1 Å². The number of piperidine rings is 1. The Labute approximate surface area is 177 Å². The molecule has 8 heteroatoms. The lowest BCUT2D eigenvalue weighted by molar-refractivity contribution is -0.136. The molecule has 0 radical (unpaired) electrons. The predicted molar refractivity (Wildman–Crippen MR) is 110 cm³/mol. The monoisotopic (exact) mass is 417 g/mol. The van der Waals surface area contributed by atoms with Crippen LogP contribution in [0.2, 0.25) is 0 Å². The van der Waals surface area contributed by atoms with Gasteiger partial charge in [0.15, 0.2) is 0 Å². The van der Waals surface area contributed by atoms with Crippen LogP contribution < -0.4 is 10.6 Å². The van der Waals surface area contributed by atoms with Crippen molar-refractivity contribution in [3.63, 3.8) is 0 Å². The normalized spacial score (nSPS) is 18.6. The Morgan fingerprint density at radius 1 is 0.968 bits per heavy atom. The van der Waals surface area contributed by atoms with Crippen molar-refractivity contribution in [1.82, 2.24) is 15.5 Å². The number of imide groups is 2. The highest BCUT2D eigenvalue weighted by Crippen LogP contribution is 2.28. The van der Waals surface area contributed by atoms with Crippen molar-refractivity contribution >= 4 is 34.6 Å². The molecule has 0 bridgehead atoms. The van der Waals surface area contributed by atoms with Gasteiger partial charge in [0, 0.05) is 18.4 Å². The molecular weight excluding hydrogens is 398 g/mol. The largest absolute Gasteiger partial charge is 0.460 e. The quantitative estimate of drug-likeness (QED) is 0.616. The lowest BCUT2D eigenvalue weighted by Gasteiger charge is -2.27. The summed E-state index contributed by atoms with van der Waals surface area (Å²) in [6.45, 7) is 0.991. The average molecular weight is 417 g/mol. The Morgan fingerprint density at radius 2 is 1.77 bits per heavy atom. The highest BCUT2D eigenvalue weighted by Gasteiger charge is 2.44. The van der Waals surface area contributed by atoms with Crippen LogP contribution >= 0.6 is 0 Å². The first-order valence-corrected chi connectivity index (χ1v) is 10.0. The third-order valence-electron chi connectivity index (χ3n) is 5.61. The second-order valence-corrected chi connectivity index (χ2v) is 7.68. The number of hydrogen-bond acceptors (Lipinski definition) is 6. The topological polar surface area (TPSA) is 109 Å². The van der Waals surface area contributed by atoms with Crippen molar-refractivity contribution in [2.24, 2.45) is 0 Å². The Morgan fingerprint density at radius 3 is 2.58 bits per heavy atom. The van der Waals surface area contributed by atoms with Gasteiger partial charge in [-0.25, -0.2) is 0 Å². The van der Waals surface area contributed by atoms with Crippen LogP contribution in [0.25, 0.3) is 11.0 Å². The summed E-state index contributed by atoms with van der Waals surface area (Å²) in [5, 5.41) is 6.51. The minimum Gasteiger partial charge on any atom is -0.460 e. The van der Waals surface area contributed by atoms with Crippen molar-refractivity contribution in [2.45, 2.75) is 32.0 Å². The molecule has 1 aromatic heterocycles. The molecule has 2 N–H and O–H groups in total. The second kappa shape index (κ2) is 7.48. The Hall–Kier alpha value is -3.78. The minimum atomic E-state index is -0.959. The van der Waals surface area contributed by atoms with Crippen LogP contribution in [0.1, 0.15) is 44.9 Å². The number of benzene rings is 2. The molecule has 5 rings (SSSR count). The first-order valence-electron chi connectivity index (χ1n) is 10.0. The van der Waals surface area contributed by atoms with Crippen molar-refractivity contribution in [3.8, 4) is 0 Å². The highest BCUT2D eigenvalue weighted by molar-refractivity contribution is 6.23. The van der Waals surface area contributed by atoms with Crippen molar-refractivity contribution in [2.75, 3.05) is 0 Å². The van der Waals surface area contributed by atoms with Gasteiger partial charge in [-0.2, -0.15) is 0 Å². The van der Waals surface area contributed by atoms with Crippen LogP contribution in [0.5, 0.6) is 0 Å². The van der Waals surface area contributed by atoms with Gasteiger partial charge in [0.1, 0.15) is 17.4 Å². The number of hydrogen-bond donors (Lipinski definition) is 2. The molecule has 0 saturated carbocycles. The lowest BCUT2D eigenvalue weighted by Crippen LogP contribution is -2.54. The van der Waals surface area contributed by atoms with E-state index in [1.54, 1.807) is 18.2 Å². The van der Waals surface area contributed by atoms with Gasteiger partial charge in [-0.15, -0.1) is 0 Å². The predicted octanol–water partition coefficient (Wildman–Crippen LogP) is 2.12. The van der Waals surface area contributed by atoms with E-state index < -0.39 is 29.7 Å². The number of rotatable bonds is 5. The molecule has 1 unspecified atom stereocenters. The molecule has 2 aliphatic rings. The number of amides is 4. The zero-order valence-corrected chi connectivity index (χ0v) is 16.5. The standard InChI is InChI=1S/C23H19N3O5/c27-20-8-7-18(21(28)25-20)26-22(29)16-6-5-13(9-17(16)23(26)30)11-24-12-15-10-14-3-1-2-4-19(14)31-15/h1-6,9-10,18,24H,7-8,11-12H2,(H,25,27,28). The number of para-hydroxylation sites is 1. The van der Waals surface area contributed by atoms with Gasteiger partial charge in [-0.3, -0.25) is 29.4 Å². The fourth-order valence-corrected chi connectivity index (χ4v) is 4.08. The van der Waals surface area contributed by atoms with Gasteiger partial charge in [-0.05, 0) is 36.2 Å². The molecule has 3 heterocycles. The van der Waals surface area contributed by atoms with E-state index in [1.165, 1.54) is 0 Å². The van der Waals surface area contributed by atoms with Gasteiger partial charge >= 0.3 is 0 Å². The highest BCUT2D eigenvalue weighted by atomic mass is 16.3. The van der Waals surface area contributed by atoms with Gasteiger partial charge in [0.25, 0.3) is 11.8 Å². The van der Waals surface area contributed by atoms with Crippen LogP contribution in [-0.4, -0.2) is 34.6 Å². The maximum Gasteiger partial charge on any atom is 0.262 e. The van der Waals surface area contributed by atoms with Gasteiger partial charge in [0.2, 0.25) is 11.8 Å². The molecule has 2 aromatic carbocycles. The van der Waals surface area contributed by atoms with Crippen molar-refractivity contribution < 1.29 is 23.6 Å². The molecule has 4 amide bonds. The molecule has 31 heavy (non-hydrogen) atoms. The van der Waals surface area contributed by atoms with E-state index >= 15 is 0 Å². The van der Waals surface area contributed by atoms with Crippen LogP contribution in [0.4, 0.5) is 0 Å².